The number of cyclic esters (lactones) is 1. The predicted octanol–water partition coefficient (Wildman–Crippen LogP) is 6.73. The van der Waals surface area contributed by atoms with Crippen molar-refractivity contribution in [2.24, 2.45) is 17.8 Å². The lowest BCUT2D eigenvalue weighted by Gasteiger charge is -2.47. The maximum atomic E-state index is 13.7. The number of quaternary nitrogens is 1. The number of hydrogen-bond donors (Lipinski definition) is 2. The van der Waals surface area contributed by atoms with E-state index in [0.717, 1.165) is 36.0 Å². The summed E-state index contributed by atoms with van der Waals surface area (Å²) in [6.07, 6.45) is 17.3. The van der Waals surface area contributed by atoms with Crippen LogP contribution in [0.3, 0.4) is 0 Å². The Morgan fingerprint density at radius 2 is 1.81 bits per heavy atom. The van der Waals surface area contributed by atoms with Gasteiger partial charge in [0, 0.05) is 18.9 Å². The van der Waals surface area contributed by atoms with Crippen molar-refractivity contribution in [3.8, 4) is 0 Å². The van der Waals surface area contributed by atoms with Crippen molar-refractivity contribution in [1.29, 1.82) is 0 Å². The highest BCUT2D eigenvalue weighted by molar-refractivity contribution is 5.70. The van der Waals surface area contributed by atoms with Gasteiger partial charge in [0.15, 0.2) is 6.10 Å². The first-order valence-electron chi connectivity index (χ1n) is 20.3. The second kappa shape index (κ2) is 19.4. The maximum absolute atomic E-state index is 13.7. The van der Waals surface area contributed by atoms with Gasteiger partial charge in [-0.15, -0.1) is 0 Å². The standard InChI is InChI=1S/C42H71N2O8/c1-9-35(46)32(5)40-36(50-40)27-29(2)15-14-16-30(3)39-31(4)19-20-37(42(6,49-8)22-21-34(45)28-38(47)52-39)51-41(48)43-23-25-44(7,26-24-43)33-17-12-10-11-13-18-33/h14-16,19-20,29,31-37,39-40,45-46H,9-13,17-18,21-28H2,1-8H3/q+1/b15-14+,20-19+,30-16+/t29-,31+,32-,34-,35+,36-,37+,39-,40-,42-/m1/s1. The Morgan fingerprint density at radius 1 is 1.13 bits per heavy atom. The van der Waals surface area contributed by atoms with Crippen LogP contribution in [0.5, 0.6) is 0 Å². The molecule has 0 unspecified atom stereocenters. The van der Waals surface area contributed by atoms with Crippen molar-refractivity contribution in [2.75, 3.05) is 40.3 Å². The molecule has 0 spiro atoms. The number of ether oxygens (including phenoxy) is 4. The third kappa shape index (κ3) is 11.6. The number of amides is 1. The van der Waals surface area contributed by atoms with Gasteiger partial charge in [0.05, 0.1) is 70.1 Å². The Morgan fingerprint density at radius 3 is 2.44 bits per heavy atom. The number of esters is 1. The van der Waals surface area contributed by atoms with Crippen LogP contribution in [-0.2, 0) is 23.7 Å². The van der Waals surface area contributed by atoms with E-state index in [1.807, 2.05) is 63.8 Å². The van der Waals surface area contributed by atoms with E-state index in [0.29, 0.717) is 32.0 Å². The summed E-state index contributed by atoms with van der Waals surface area (Å²) in [4.78, 5) is 28.6. The highest BCUT2D eigenvalue weighted by Gasteiger charge is 2.45. The number of methoxy groups -OCH3 is 1. The molecule has 3 fully saturated rings. The fourth-order valence-corrected chi connectivity index (χ4v) is 8.53. The molecule has 4 rings (SSSR count). The van der Waals surface area contributed by atoms with E-state index in [9.17, 15) is 19.8 Å². The number of carbonyl (C=O) groups excluding carboxylic acids is 2. The summed E-state index contributed by atoms with van der Waals surface area (Å²) in [5.41, 5.74) is -0.0425. The highest BCUT2D eigenvalue weighted by Crippen LogP contribution is 2.37. The molecule has 0 aromatic heterocycles. The average molecular weight is 732 g/mol. The Bertz CT molecular complexity index is 1240. The van der Waals surface area contributed by atoms with E-state index < -0.39 is 29.9 Å². The van der Waals surface area contributed by atoms with Gasteiger partial charge in [-0.2, -0.15) is 0 Å². The first-order chi connectivity index (χ1) is 24.7. The minimum atomic E-state index is -0.918. The highest BCUT2D eigenvalue weighted by atomic mass is 16.6. The summed E-state index contributed by atoms with van der Waals surface area (Å²) >= 11 is 0. The zero-order valence-corrected chi connectivity index (χ0v) is 33.5. The molecule has 296 valence electrons. The van der Waals surface area contributed by atoms with Gasteiger partial charge in [0.2, 0.25) is 0 Å². The summed E-state index contributed by atoms with van der Waals surface area (Å²) in [6, 6.07) is 0.665. The molecular weight excluding hydrogens is 660 g/mol. The molecule has 4 aliphatic rings. The number of likely N-dealkylation sites (N-methyl/N-ethyl adjacent to an activating group) is 1. The SMILES string of the molecule is CC[C@H](O)[C@@H](C)[C@H]1O[C@@H]1C[C@H](C)/C=C/C=C(\C)[C@H]1OC(=O)C[C@H](O)CC[C@@](C)(OC)[C@@H](OC(=O)N2CC[N+](C)(C3CCCCCC3)CC2)/C=C/[C@@H]1C. The number of aliphatic hydroxyl groups excluding tert-OH is 2. The van der Waals surface area contributed by atoms with E-state index in [1.165, 1.54) is 38.5 Å². The molecule has 10 nitrogen and oxygen atoms in total. The normalized spacial score (nSPS) is 35.0. The molecule has 0 aromatic carbocycles. The molecule has 10 atom stereocenters. The van der Waals surface area contributed by atoms with E-state index in [2.05, 4.69) is 20.0 Å². The van der Waals surface area contributed by atoms with Gasteiger partial charge >= 0.3 is 12.1 Å². The molecule has 2 saturated heterocycles. The lowest BCUT2D eigenvalue weighted by molar-refractivity contribution is -0.937. The molecule has 1 aliphatic carbocycles. The van der Waals surface area contributed by atoms with E-state index in [4.69, 9.17) is 18.9 Å². The van der Waals surface area contributed by atoms with Crippen LogP contribution in [-0.4, -0.2) is 120 Å². The molecule has 0 radical (unpaired) electrons. The molecule has 1 amide bonds. The van der Waals surface area contributed by atoms with Gasteiger partial charge in [-0.3, -0.25) is 9.69 Å². The van der Waals surface area contributed by atoms with Gasteiger partial charge in [0.1, 0.15) is 11.7 Å². The van der Waals surface area contributed by atoms with Crippen molar-refractivity contribution in [3.05, 3.63) is 36.0 Å². The van der Waals surface area contributed by atoms with E-state index in [-0.39, 0.29) is 48.6 Å². The molecule has 1 saturated carbocycles. The van der Waals surface area contributed by atoms with Crippen LogP contribution >= 0.6 is 0 Å². The lowest BCUT2D eigenvalue weighted by atomic mass is 9.88. The number of allylic oxidation sites excluding steroid dienone is 3. The molecule has 52 heavy (non-hydrogen) atoms. The van der Waals surface area contributed by atoms with E-state index in [1.54, 1.807) is 7.11 Å². The fourth-order valence-electron chi connectivity index (χ4n) is 8.53. The number of nitrogens with zero attached hydrogens (tertiary/aromatic N) is 2. The first kappa shape index (κ1) is 42.5. The Hall–Kier alpha value is -2.24. The van der Waals surface area contributed by atoms with Crippen LogP contribution in [0.1, 0.15) is 112 Å². The third-order valence-corrected chi connectivity index (χ3v) is 12.7. The fraction of sp³-hybridized carbons (Fsp3) is 0.810. The van der Waals surface area contributed by atoms with Crippen molar-refractivity contribution in [3.63, 3.8) is 0 Å². The smallest absolute Gasteiger partial charge is 0.410 e. The summed E-state index contributed by atoms with van der Waals surface area (Å²) in [5, 5.41) is 21.1. The summed E-state index contributed by atoms with van der Waals surface area (Å²) in [5.74, 6) is -0.309. The Kier molecular flexibility index (Phi) is 15.8. The number of hydrogen-bond acceptors (Lipinski definition) is 8. The maximum Gasteiger partial charge on any atom is 0.410 e. The minimum Gasteiger partial charge on any atom is -0.457 e. The lowest BCUT2D eigenvalue weighted by Crippen LogP contribution is -2.62. The van der Waals surface area contributed by atoms with Gasteiger partial charge < -0.3 is 33.6 Å². The summed E-state index contributed by atoms with van der Waals surface area (Å²) in [6.45, 7) is 15.2. The molecule has 2 N–H and O–H groups in total. The molecule has 3 aliphatic heterocycles. The molecule has 0 aromatic rings. The van der Waals surface area contributed by atoms with Gasteiger partial charge in [0.25, 0.3) is 0 Å². The third-order valence-electron chi connectivity index (χ3n) is 12.7. The Balaban J connectivity index is 1.44. The quantitative estimate of drug-likeness (QED) is 0.0600. The van der Waals surface area contributed by atoms with Crippen molar-refractivity contribution < 1.29 is 43.2 Å². The molecule has 10 heteroatoms. The van der Waals surface area contributed by atoms with Gasteiger partial charge in [-0.1, -0.05) is 64.8 Å². The van der Waals surface area contributed by atoms with Crippen LogP contribution in [0, 0.1) is 17.8 Å². The topological polar surface area (TPSA) is 118 Å². The van der Waals surface area contributed by atoms with Crippen LogP contribution < -0.4 is 0 Å². The molecular formula is C42H71N2O8+. The van der Waals surface area contributed by atoms with Crippen LogP contribution in [0.15, 0.2) is 36.0 Å². The molecule has 3 heterocycles. The van der Waals surface area contributed by atoms with Crippen molar-refractivity contribution >= 4 is 12.1 Å². The second-order valence-electron chi connectivity index (χ2n) is 16.9. The number of piperazine rings is 1. The van der Waals surface area contributed by atoms with Crippen LogP contribution in [0.4, 0.5) is 4.79 Å². The van der Waals surface area contributed by atoms with E-state index >= 15 is 0 Å². The summed E-state index contributed by atoms with van der Waals surface area (Å²) < 4.78 is 25.2. The van der Waals surface area contributed by atoms with Crippen molar-refractivity contribution in [2.45, 2.75) is 160 Å². The number of epoxide rings is 1. The number of rotatable bonds is 11. The zero-order valence-electron chi connectivity index (χ0n) is 33.5. The number of carbonyl (C=O) groups is 2. The Labute approximate surface area is 314 Å². The second-order valence-corrected chi connectivity index (χ2v) is 16.9. The van der Waals surface area contributed by atoms with Crippen LogP contribution in [0.2, 0.25) is 0 Å². The van der Waals surface area contributed by atoms with Gasteiger partial charge in [-0.05, 0) is 82.8 Å². The van der Waals surface area contributed by atoms with Gasteiger partial charge in [-0.25, -0.2) is 4.79 Å². The van der Waals surface area contributed by atoms with Crippen molar-refractivity contribution in [1.82, 2.24) is 4.90 Å². The minimum absolute atomic E-state index is 0.107. The largest absolute Gasteiger partial charge is 0.457 e. The van der Waals surface area contributed by atoms with Crippen LogP contribution in [0.25, 0.3) is 0 Å². The monoisotopic (exact) mass is 732 g/mol. The first-order valence-corrected chi connectivity index (χ1v) is 20.3. The number of aliphatic hydroxyl groups is 2. The zero-order chi connectivity index (χ0) is 38.1. The summed E-state index contributed by atoms with van der Waals surface area (Å²) in [7, 11) is 3.97. The predicted molar refractivity (Wildman–Crippen MR) is 204 cm³/mol. The average Bonchev–Trinajstić information content (AvgIpc) is 3.93. The molecule has 0 bridgehead atoms.